The second kappa shape index (κ2) is 5.91. The van der Waals surface area contributed by atoms with Gasteiger partial charge < -0.3 is 4.90 Å². The van der Waals surface area contributed by atoms with Crippen LogP contribution >= 0.6 is 15.9 Å². The summed E-state index contributed by atoms with van der Waals surface area (Å²) in [6, 6.07) is 0.108. The van der Waals surface area contributed by atoms with Crippen molar-refractivity contribution in [1.29, 1.82) is 0 Å². The monoisotopic (exact) mass is 247 g/mol. The van der Waals surface area contributed by atoms with Crippen molar-refractivity contribution in [2.45, 2.75) is 19.9 Å². The summed E-state index contributed by atoms with van der Waals surface area (Å²) in [5.74, 6) is 1.74. The summed E-state index contributed by atoms with van der Waals surface area (Å²) in [4.78, 5) is 23.5. The Bertz CT molecular complexity index is 224. The maximum atomic E-state index is 11.1. The van der Waals surface area contributed by atoms with E-state index in [1.165, 1.54) is 12.2 Å². The Morgan fingerprint density at radius 2 is 1.85 bits per heavy atom. The van der Waals surface area contributed by atoms with E-state index < -0.39 is 0 Å². The average Bonchev–Trinajstić information content (AvgIpc) is 2.12. The Labute approximate surface area is 86.9 Å². The maximum absolute atomic E-state index is 11.1. The lowest BCUT2D eigenvalue weighted by atomic mass is 10.2. The van der Waals surface area contributed by atoms with E-state index in [9.17, 15) is 9.59 Å². The summed E-state index contributed by atoms with van der Waals surface area (Å²) in [6.45, 7) is 4.02. The molecular formula is C9H14BrNO2. The molecule has 74 valence electrons. The van der Waals surface area contributed by atoms with Crippen molar-refractivity contribution < 1.29 is 9.59 Å². The summed E-state index contributed by atoms with van der Waals surface area (Å²) in [6.07, 6.45) is 2.66. The molecule has 0 fully saturated rings. The quantitative estimate of drug-likeness (QED) is 0.657. The fourth-order valence-corrected chi connectivity index (χ4v) is 0.996. The first-order chi connectivity index (χ1) is 6.11. The molecule has 0 N–H and O–H groups in total. The number of hydrogen-bond acceptors (Lipinski definition) is 2. The van der Waals surface area contributed by atoms with Gasteiger partial charge in [0.25, 0.3) is 0 Å². The fraction of sp³-hybridized carbons (Fsp3) is 0.556. The third-order valence-electron chi connectivity index (χ3n) is 1.64. The Morgan fingerprint density at radius 3 is 2.23 bits per heavy atom. The molecule has 0 atom stereocenters. The van der Waals surface area contributed by atoms with E-state index in [1.54, 1.807) is 4.90 Å². The molecule has 1 heterocycles. The molecule has 1 aliphatic rings. The van der Waals surface area contributed by atoms with E-state index in [4.69, 9.17) is 0 Å². The van der Waals surface area contributed by atoms with Crippen LogP contribution in [0.5, 0.6) is 0 Å². The number of nitrogens with zero attached hydrogens (tertiary/aromatic N) is 1. The normalized spacial score (nSPS) is 15.9. The Balaban J connectivity index is 0.000000671. The number of carbonyl (C=O) groups excluding carboxylic acids is 2. The van der Waals surface area contributed by atoms with Crippen LogP contribution in [0.3, 0.4) is 0 Å². The molecule has 0 aromatic rings. The molecule has 4 heteroatoms. The number of carbonyl (C=O) groups is 2. The van der Waals surface area contributed by atoms with Crippen LogP contribution in [-0.4, -0.2) is 35.0 Å². The van der Waals surface area contributed by atoms with Crippen molar-refractivity contribution in [1.82, 2.24) is 4.90 Å². The lowest BCUT2D eigenvalue weighted by Gasteiger charge is -2.26. The lowest BCUT2D eigenvalue weighted by molar-refractivity contribution is -0.133. The summed E-state index contributed by atoms with van der Waals surface area (Å²) < 4.78 is 0. The van der Waals surface area contributed by atoms with Gasteiger partial charge in [-0.2, -0.15) is 0 Å². The number of hydrogen-bond donors (Lipinski definition) is 0. The van der Waals surface area contributed by atoms with Gasteiger partial charge in [-0.15, -0.1) is 0 Å². The Kier molecular flexibility index (Phi) is 5.62. The molecule has 1 rings (SSSR count). The smallest absolute Gasteiger partial charge is 0.247 e. The second-order valence-electron chi connectivity index (χ2n) is 2.86. The van der Waals surface area contributed by atoms with Gasteiger partial charge in [0.05, 0.1) is 6.54 Å². The minimum Gasteiger partial charge on any atom is -0.329 e. The number of halogens is 1. The molecule has 0 aromatic heterocycles. The molecule has 0 saturated heterocycles. The average molecular weight is 248 g/mol. The molecule has 1 aliphatic heterocycles. The summed E-state index contributed by atoms with van der Waals surface area (Å²) >= 11 is 2.94. The van der Waals surface area contributed by atoms with Gasteiger partial charge in [0.1, 0.15) is 0 Å². The van der Waals surface area contributed by atoms with E-state index in [0.29, 0.717) is 0 Å². The van der Waals surface area contributed by atoms with Crippen LogP contribution in [0, 0.1) is 0 Å². The number of alkyl halides is 1. The lowest BCUT2D eigenvalue weighted by Crippen LogP contribution is -2.41. The van der Waals surface area contributed by atoms with Crippen molar-refractivity contribution in [3.05, 3.63) is 12.2 Å². The van der Waals surface area contributed by atoms with Gasteiger partial charge in [0.15, 0.2) is 5.78 Å². The third kappa shape index (κ3) is 3.72. The van der Waals surface area contributed by atoms with Gasteiger partial charge >= 0.3 is 0 Å². The zero-order valence-corrected chi connectivity index (χ0v) is 9.67. The number of rotatable bonds is 1. The second-order valence-corrected chi connectivity index (χ2v) is 2.86. The predicted molar refractivity (Wildman–Crippen MR) is 55.8 cm³/mol. The number of ketones is 1. The first-order valence-corrected chi connectivity index (χ1v) is 5.59. The van der Waals surface area contributed by atoms with Gasteiger partial charge in [0, 0.05) is 12.1 Å². The molecule has 0 unspecified atom stereocenters. The zero-order chi connectivity index (χ0) is 10.4. The van der Waals surface area contributed by atoms with Crippen molar-refractivity contribution in [3.63, 3.8) is 0 Å². The van der Waals surface area contributed by atoms with Crippen LogP contribution in [0.4, 0.5) is 0 Å². The van der Waals surface area contributed by atoms with Crippen molar-refractivity contribution in [2.24, 2.45) is 0 Å². The highest BCUT2D eigenvalue weighted by atomic mass is 79.9. The van der Waals surface area contributed by atoms with Gasteiger partial charge in [-0.3, -0.25) is 9.59 Å². The largest absolute Gasteiger partial charge is 0.329 e. The maximum Gasteiger partial charge on any atom is 0.247 e. The predicted octanol–water partition coefficient (Wildman–Crippen LogP) is 1.37. The molecule has 13 heavy (non-hydrogen) atoms. The first kappa shape index (κ1) is 12.4. The van der Waals surface area contributed by atoms with Crippen LogP contribution < -0.4 is 0 Å². The summed E-state index contributed by atoms with van der Waals surface area (Å²) in [7, 11) is 0. The Hall–Kier alpha value is -0.640. The molecule has 0 bridgehead atoms. The minimum absolute atomic E-state index is 0.00157. The van der Waals surface area contributed by atoms with Crippen LogP contribution in [0.15, 0.2) is 12.2 Å². The highest BCUT2D eigenvalue weighted by Crippen LogP contribution is 2.04. The molecule has 0 aromatic carbocycles. The standard InChI is InChI=1S/C8H11NO2.CH3Br/c1-6(2)9-5-7(10)3-4-8(9)11;1-2/h3-4,6H,5H2,1-2H3;1H3. The van der Waals surface area contributed by atoms with Crippen molar-refractivity contribution in [3.8, 4) is 0 Å². The molecule has 0 radical (unpaired) electrons. The third-order valence-corrected chi connectivity index (χ3v) is 1.64. The molecule has 0 spiro atoms. The van der Waals surface area contributed by atoms with Crippen LogP contribution in [0.2, 0.25) is 0 Å². The summed E-state index contributed by atoms with van der Waals surface area (Å²) in [5.41, 5.74) is 0. The van der Waals surface area contributed by atoms with Crippen LogP contribution in [0.1, 0.15) is 13.8 Å². The van der Waals surface area contributed by atoms with Gasteiger partial charge in [-0.1, -0.05) is 15.9 Å². The van der Waals surface area contributed by atoms with Crippen molar-refractivity contribution >= 4 is 27.6 Å². The molecule has 1 amide bonds. The minimum atomic E-state index is -0.0698. The van der Waals surface area contributed by atoms with Crippen molar-refractivity contribution in [2.75, 3.05) is 12.4 Å². The summed E-state index contributed by atoms with van der Waals surface area (Å²) in [5, 5.41) is 0. The van der Waals surface area contributed by atoms with E-state index in [1.807, 2.05) is 19.7 Å². The topological polar surface area (TPSA) is 37.4 Å². The Morgan fingerprint density at radius 1 is 1.31 bits per heavy atom. The highest BCUT2D eigenvalue weighted by molar-refractivity contribution is 9.08. The first-order valence-electron chi connectivity index (χ1n) is 4.00. The molecule has 3 nitrogen and oxygen atoms in total. The highest BCUT2D eigenvalue weighted by Gasteiger charge is 2.20. The zero-order valence-electron chi connectivity index (χ0n) is 8.08. The number of amides is 1. The van der Waals surface area contributed by atoms with Gasteiger partial charge in [-0.05, 0) is 25.8 Å². The molecule has 0 aliphatic carbocycles. The van der Waals surface area contributed by atoms with Crippen LogP contribution in [-0.2, 0) is 9.59 Å². The van der Waals surface area contributed by atoms with E-state index in [0.717, 1.165) is 0 Å². The van der Waals surface area contributed by atoms with E-state index in [-0.39, 0.29) is 24.3 Å². The van der Waals surface area contributed by atoms with Crippen LogP contribution in [0.25, 0.3) is 0 Å². The van der Waals surface area contributed by atoms with Gasteiger partial charge in [-0.25, -0.2) is 0 Å². The van der Waals surface area contributed by atoms with Gasteiger partial charge in [0.2, 0.25) is 5.91 Å². The fourth-order valence-electron chi connectivity index (χ4n) is 0.996. The SMILES string of the molecule is CBr.CC(C)N1CC(=O)C=CC1=O. The molecular weight excluding hydrogens is 234 g/mol. The van der Waals surface area contributed by atoms with E-state index in [2.05, 4.69) is 15.9 Å². The molecule has 0 saturated carbocycles. The van der Waals surface area contributed by atoms with E-state index >= 15 is 0 Å².